The summed E-state index contributed by atoms with van der Waals surface area (Å²) >= 11 is 0. The fourth-order valence-corrected chi connectivity index (χ4v) is 2.97. The smallest absolute Gasteiger partial charge is 0.246 e. The highest BCUT2D eigenvalue weighted by Gasteiger charge is 2.23. The molecule has 0 saturated carbocycles. The predicted molar refractivity (Wildman–Crippen MR) is 75.1 cm³/mol. The topological polar surface area (TPSA) is 75.3 Å². The van der Waals surface area contributed by atoms with Gasteiger partial charge in [0, 0.05) is 13.6 Å². The number of aryl methyl sites for hydroxylation is 1. The number of benzene rings is 1. The summed E-state index contributed by atoms with van der Waals surface area (Å²) in [6.07, 6.45) is 1.32. The van der Waals surface area contributed by atoms with Crippen LogP contribution in [0.1, 0.15) is 5.69 Å². The van der Waals surface area contributed by atoms with Gasteiger partial charge in [-0.2, -0.15) is 9.40 Å². The maximum absolute atomic E-state index is 12.3. The van der Waals surface area contributed by atoms with E-state index in [9.17, 15) is 8.42 Å². The molecular weight excluding hydrogens is 278 g/mol. The Hall–Kier alpha value is -1.86. The van der Waals surface area contributed by atoms with E-state index in [4.69, 9.17) is 4.74 Å². The minimum absolute atomic E-state index is 0.194. The molecule has 6 nitrogen and oxygen atoms in total. The molecule has 1 N–H and O–H groups in total. The SMILES string of the molecule is Cc1[nH]ncc1S(=O)(=O)N(C)CCOc1ccccc1. The van der Waals surface area contributed by atoms with E-state index in [1.807, 2.05) is 30.3 Å². The maximum Gasteiger partial charge on any atom is 0.246 e. The molecule has 0 unspecified atom stereocenters. The Labute approximate surface area is 118 Å². The molecule has 0 bridgehead atoms. The lowest BCUT2D eigenvalue weighted by Crippen LogP contribution is -2.31. The monoisotopic (exact) mass is 295 g/mol. The van der Waals surface area contributed by atoms with Crippen LogP contribution in [-0.2, 0) is 10.0 Å². The molecule has 2 rings (SSSR count). The van der Waals surface area contributed by atoms with Crippen molar-refractivity contribution < 1.29 is 13.2 Å². The average Bonchev–Trinajstić information content (AvgIpc) is 2.87. The fraction of sp³-hybridized carbons (Fsp3) is 0.308. The second-order valence-corrected chi connectivity index (χ2v) is 6.36. The molecule has 0 aliphatic rings. The molecule has 0 radical (unpaired) electrons. The summed E-state index contributed by atoms with van der Waals surface area (Å²) in [5, 5.41) is 6.36. The number of likely N-dealkylation sites (N-methyl/N-ethyl adjacent to an activating group) is 1. The van der Waals surface area contributed by atoms with Gasteiger partial charge in [0.2, 0.25) is 10.0 Å². The predicted octanol–water partition coefficient (Wildman–Crippen LogP) is 1.42. The molecule has 0 aliphatic carbocycles. The number of nitrogens with zero attached hydrogens (tertiary/aromatic N) is 2. The van der Waals surface area contributed by atoms with Gasteiger partial charge in [0.25, 0.3) is 0 Å². The van der Waals surface area contributed by atoms with Gasteiger partial charge in [-0.1, -0.05) is 18.2 Å². The van der Waals surface area contributed by atoms with Crippen LogP contribution in [0.15, 0.2) is 41.4 Å². The van der Waals surface area contributed by atoms with Crippen LogP contribution in [0.25, 0.3) is 0 Å². The van der Waals surface area contributed by atoms with Crippen molar-refractivity contribution in [3.63, 3.8) is 0 Å². The third-order valence-electron chi connectivity index (χ3n) is 2.89. The number of rotatable bonds is 6. The summed E-state index contributed by atoms with van der Waals surface area (Å²) < 4.78 is 31.3. The molecule has 1 aromatic heterocycles. The van der Waals surface area contributed by atoms with Crippen LogP contribution in [-0.4, -0.2) is 43.1 Å². The van der Waals surface area contributed by atoms with Crippen LogP contribution < -0.4 is 4.74 Å². The van der Waals surface area contributed by atoms with Crippen molar-refractivity contribution in [2.45, 2.75) is 11.8 Å². The van der Waals surface area contributed by atoms with Crippen molar-refractivity contribution in [3.8, 4) is 5.75 Å². The van der Waals surface area contributed by atoms with Gasteiger partial charge in [-0.05, 0) is 19.1 Å². The lowest BCUT2D eigenvalue weighted by molar-refractivity contribution is 0.287. The third-order valence-corrected chi connectivity index (χ3v) is 4.86. The van der Waals surface area contributed by atoms with Gasteiger partial charge in [0.1, 0.15) is 17.3 Å². The first-order valence-electron chi connectivity index (χ1n) is 6.16. The zero-order valence-corrected chi connectivity index (χ0v) is 12.2. The van der Waals surface area contributed by atoms with Crippen LogP contribution in [0.3, 0.4) is 0 Å². The second kappa shape index (κ2) is 6.06. The largest absolute Gasteiger partial charge is 0.492 e. The van der Waals surface area contributed by atoms with E-state index in [0.29, 0.717) is 5.69 Å². The summed E-state index contributed by atoms with van der Waals surface area (Å²) in [4.78, 5) is 0.194. The van der Waals surface area contributed by atoms with Gasteiger partial charge in [-0.25, -0.2) is 8.42 Å². The molecule has 0 atom stereocenters. The van der Waals surface area contributed by atoms with E-state index >= 15 is 0 Å². The minimum atomic E-state index is -3.52. The number of para-hydroxylation sites is 1. The first-order chi connectivity index (χ1) is 9.51. The number of aromatic amines is 1. The number of nitrogens with one attached hydrogen (secondary N) is 1. The molecule has 0 fully saturated rings. The Balaban J connectivity index is 1.95. The lowest BCUT2D eigenvalue weighted by atomic mass is 10.3. The molecule has 0 aliphatic heterocycles. The minimum Gasteiger partial charge on any atom is -0.492 e. The van der Waals surface area contributed by atoms with Crippen LogP contribution in [0.2, 0.25) is 0 Å². The van der Waals surface area contributed by atoms with E-state index < -0.39 is 10.0 Å². The Morgan fingerprint density at radius 1 is 1.30 bits per heavy atom. The number of ether oxygens (including phenoxy) is 1. The second-order valence-electron chi connectivity index (χ2n) is 4.35. The van der Waals surface area contributed by atoms with Gasteiger partial charge in [-0.3, -0.25) is 5.10 Å². The standard InChI is InChI=1S/C13H17N3O3S/c1-11-13(10-14-15-11)20(17,18)16(2)8-9-19-12-6-4-3-5-7-12/h3-7,10H,8-9H2,1-2H3,(H,14,15). The first-order valence-corrected chi connectivity index (χ1v) is 7.60. The highest BCUT2D eigenvalue weighted by atomic mass is 32.2. The Morgan fingerprint density at radius 2 is 2.00 bits per heavy atom. The van der Waals surface area contributed by atoms with Crippen LogP contribution in [0, 0.1) is 6.92 Å². The molecule has 0 saturated heterocycles. The van der Waals surface area contributed by atoms with Crippen molar-refractivity contribution in [2.75, 3.05) is 20.2 Å². The zero-order chi connectivity index (χ0) is 14.6. The molecule has 108 valence electrons. The third kappa shape index (κ3) is 3.17. The zero-order valence-electron chi connectivity index (χ0n) is 11.4. The molecular formula is C13H17N3O3S. The first kappa shape index (κ1) is 14.5. The molecule has 7 heteroatoms. The number of sulfonamides is 1. The van der Waals surface area contributed by atoms with Crippen molar-refractivity contribution >= 4 is 10.0 Å². The van der Waals surface area contributed by atoms with Gasteiger partial charge < -0.3 is 4.74 Å². The highest BCUT2D eigenvalue weighted by molar-refractivity contribution is 7.89. The van der Waals surface area contributed by atoms with E-state index in [0.717, 1.165) is 5.75 Å². The van der Waals surface area contributed by atoms with Crippen molar-refractivity contribution in [2.24, 2.45) is 0 Å². The number of aromatic nitrogens is 2. The van der Waals surface area contributed by atoms with Crippen molar-refractivity contribution in [1.82, 2.24) is 14.5 Å². The maximum atomic E-state index is 12.3. The Kier molecular flexibility index (Phi) is 4.41. The summed E-state index contributed by atoms with van der Waals surface area (Å²) in [5.41, 5.74) is 0.529. The van der Waals surface area contributed by atoms with Gasteiger partial charge >= 0.3 is 0 Å². The Morgan fingerprint density at radius 3 is 2.60 bits per heavy atom. The quantitative estimate of drug-likeness (QED) is 0.874. The summed E-state index contributed by atoms with van der Waals surface area (Å²) in [6, 6.07) is 9.28. The summed E-state index contributed by atoms with van der Waals surface area (Å²) in [5.74, 6) is 0.720. The molecule has 0 amide bonds. The summed E-state index contributed by atoms with van der Waals surface area (Å²) in [6.45, 7) is 2.23. The molecule has 1 aromatic carbocycles. The van der Waals surface area contributed by atoms with E-state index in [2.05, 4.69) is 10.2 Å². The number of hydrogen-bond donors (Lipinski definition) is 1. The van der Waals surface area contributed by atoms with Crippen LogP contribution in [0.4, 0.5) is 0 Å². The lowest BCUT2D eigenvalue weighted by Gasteiger charge is -2.16. The molecule has 0 spiro atoms. The van der Waals surface area contributed by atoms with Gasteiger partial charge in [0.15, 0.2) is 0 Å². The molecule has 1 heterocycles. The van der Waals surface area contributed by atoms with E-state index in [1.165, 1.54) is 17.5 Å². The fourth-order valence-electron chi connectivity index (χ4n) is 1.70. The Bertz CT molecular complexity index is 653. The van der Waals surface area contributed by atoms with Crippen molar-refractivity contribution in [1.29, 1.82) is 0 Å². The van der Waals surface area contributed by atoms with Crippen LogP contribution in [0.5, 0.6) is 5.75 Å². The van der Waals surface area contributed by atoms with Gasteiger partial charge in [0.05, 0.1) is 11.9 Å². The van der Waals surface area contributed by atoms with E-state index in [1.54, 1.807) is 6.92 Å². The normalized spacial score (nSPS) is 11.8. The number of H-pyrrole nitrogens is 1. The highest BCUT2D eigenvalue weighted by Crippen LogP contribution is 2.16. The summed E-state index contributed by atoms with van der Waals surface area (Å²) in [7, 11) is -2.00. The average molecular weight is 295 g/mol. The molecule has 20 heavy (non-hydrogen) atoms. The van der Waals surface area contributed by atoms with Crippen molar-refractivity contribution in [3.05, 3.63) is 42.2 Å². The van der Waals surface area contributed by atoms with Gasteiger partial charge in [-0.15, -0.1) is 0 Å². The molecule has 2 aromatic rings. The van der Waals surface area contributed by atoms with Crippen LogP contribution >= 0.6 is 0 Å². The van der Waals surface area contributed by atoms with E-state index in [-0.39, 0.29) is 18.0 Å². The number of hydrogen-bond acceptors (Lipinski definition) is 4.